The van der Waals surface area contributed by atoms with Gasteiger partial charge in [-0.15, -0.1) is 6.58 Å². The van der Waals surface area contributed by atoms with Gasteiger partial charge in [0.15, 0.2) is 18.1 Å². The van der Waals surface area contributed by atoms with Gasteiger partial charge in [-0.1, -0.05) is 41.9 Å². The number of anilines is 1. The summed E-state index contributed by atoms with van der Waals surface area (Å²) in [6, 6.07) is 14.5. The van der Waals surface area contributed by atoms with Gasteiger partial charge in [0.2, 0.25) is 0 Å². The Balaban J connectivity index is 1.66. The SMILES string of the molecule is C=CCc1cc(C=Nn2c([C@H](C)CC)nc3ccc(Br)cc3c2=O)cc(OC)c1OCC(=O)Nc1cccc(F)c1. The van der Waals surface area contributed by atoms with Crippen molar-refractivity contribution in [3.63, 3.8) is 0 Å². The molecule has 0 unspecified atom stereocenters. The lowest BCUT2D eigenvalue weighted by Crippen LogP contribution is -2.23. The van der Waals surface area contributed by atoms with Gasteiger partial charge in [-0.25, -0.2) is 9.37 Å². The molecular formula is C31H30BrFN4O4. The minimum Gasteiger partial charge on any atom is -0.493 e. The number of allylic oxidation sites excluding steroid dienone is 1. The Morgan fingerprint density at radius 2 is 2.05 bits per heavy atom. The Morgan fingerprint density at radius 3 is 2.76 bits per heavy atom. The monoisotopic (exact) mass is 620 g/mol. The molecule has 8 nitrogen and oxygen atoms in total. The summed E-state index contributed by atoms with van der Waals surface area (Å²) in [5.41, 5.74) is 2.01. The first-order valence-corrected chi connectivity index (χ1v) is 13.8. The molecule has 1 aromatic heterocycles. The smallest absolute Gasteiger partial charge is 0.282 e. The van der Waals surface area contributed by atoms with Crippen molar-refractivity contribution in [2.75, 3.05) is 19.0 Å². The highest BCUT2D eigenvalue weighted by Gasteiger charge is 2.17. The van der Waals surface area contributed by atoms with Gasteiger partial charge in [0, 0.05) is 21.6 Å². The zero-order chi connectivity index (χ0) is 29.5. The molecule has 0 spiro atoms. The molecule has 4 rings (SSSR count). The molecule has 0 radical (unpaired) electrons. The molecule has 1 amide bonds. The number of carbonyl (C=O) groups is 1. The highest BCUT2D eigenvalue weighted by molar-refractivity contribution is 9.10. The third-order valence-electron chi connectivity index (χ3n) is 6.40. The van der Waals surface area contributed by atoms with Crippen molar-refractivity contribution in [2.24, 2.45) is 5.10 Å². The third-order valence-corrected chi connectivity index (χ3v) is 6.90. The minimum atomic E-state index is -0.458. The zero-order valence-electron chi connectivity index (χ0n) is 23.0. The maximum Gasteiger partial charge on any atom is 0.282 e. The van der Waals surface area contributed by atoms with Crippen LogP contribution < -0.4 is 20.3 Å². The standard InChI is InChI=1S/C31H30BrFN4O4/c1-5-8-21-13-20(14-27(40-4)29(21)41-18-28(38)35-24-10-7-9-23(33)16-24)17-34-37-30(19(3)6-2)36-26-12-11-22(32)15-25(26)31(37)39/h5,7,9-17,19H,1,6,8,18H2,2-4H3,(H,35,38)/t19-/m1/s1. The maximum atomic E-state index is 13.5. The Morgan fingerprint density at radius 1 is 1.24 bits per heavy atom. The largest absolute Gasteiger partial charge is 0.493 e. The topological polar surface area (TPSA) is 94.8 Å². The predicted octanol–water partition coefficient (Wildman–Crippen LogP) is 6.45. The summed E-state index contributed by atoms with van der Waals surface area (Å²) in [5.74, 6) is 0.384. The Kier molecular flexibility index (Phi) is 9.67. The summed E-state index contributed by atoms with van der Waals surface area (Å²) < 4.78 is 27.0. The van der Waals surface area contributed by atoms with Crippen molar-refractivity contribution < 1.29 is 18.7 Å². The number of aromatic nitrogens is 2. The molecule has 1 atom stereocenters. The average Bonchev–Trinajstić information content (AvgIpc) is 2.95. The number of hydrogen-bond donors (Lipinski definition) is 1. The van der Waals surface area contributed by atoms with E-state index in [0.717, 1.165) is 10.9 Å². The van der Waals surface area contributed by atoms with Crippen LogP contribution in [0.2, 0.25) is 0 Å². The molecule has 0 bridgehead atoms. The van der Waals surface area contributed by atoms with Crippen LogP contribution in [0.25, 0.3) is 10.9 Å². The Labute approximate surface area is 245 Å². The minimum absolute atomic E-state index is 0.00643. The number of amides is 1. The van der Waals surface area contributed by atoms with Crippen molar-refractivity contribution in [3.05, 3.63) is 105 Å². The summed E-state index contributed by atoms with van der Waals surface area (Å²) in [7, 11) is 1.49. The van der Waals surface area contributed by atoms with E-state index in [4.69, 9.17) is 14.5 Å². The first kappa shape index (κ1) is 29.7. The second-order valence-corrected chi connectivity index (χ2v) is 10.3. The lowest BCUT2D eigenvalue weighted by molar-refractivity contribution is -0.118. The molecule has 1 heterocycles. The number of halogens is 2. The van der Waals surface area contributed by atoms with Crippen LogP contribution >= 0.6 is 15.9 Å². The molecule has 1 N–H and O–H groups in total. The van der Waals surface area contributed by atoms with Crippen LogP contribution in [0.1, 0.15) is 43.1 Å². The molecule has 10 heteroatoms. The molecule has 3 aromatic carbocycles. The van der Waals surface area contributed by atoms with E-state index in [1.165, 1.54) is 30.0 Å². The molecule has 0 fully saturated rings. The number of rotatable bonds is 11. The number of methoxy groups -OCH3 is 1. The van der Waals surface area contributed by atoms with Gasteiger partial charge < -0.3 is 14.8 Å². The van der Waals surface area contributed by atoms with Gasteiger partial charge in [0.25, 0.3) is 11.5 Å². The number of ether oxygens (including phenoxy) is 2. The first-order valence-electron chi connectivity index (χ1n) is 13.0. The number of hydrogen-bond acceptors (Lipinski definition) is 6. The van der Waals surface area contributed by atoms with Crippen LogP contribution in [0.5, 0.6) is 11.5 Å². The van der Waals surface area contributed by atoms with E-state index in [1.807, 2.05) is 32.0 Å². The van der Waals surface area contributed by atoms with Crippen LogP contribution in [0, 0.1) is 5.82 Å². The van der Waals surface area contributed by atoms with Gasteiger partial charge >= 0.3 is 0 Å². The third kappa shape index (κ3) is 7.07. The number of nitrogens with one attached hydrogen (secondary N) is 1. The van der Waals surface area contributed by atoms with Gasteiger partial charge in [0.05, 0.1) is 24.2 Å². The Hall–Kier alpha value is -4.31. The van der Waals surface area contributed by atoms with Crippen LogP contribution in [0.3, 0.4) is 0 Å². The molecule has 0 saturated heterocycles. The van der Waals surface area contributed by atoms with E-state index in [1.54, 1.807) is 30.5 Å². The van der Waals surface area contributed by atoms with E-state index in [2.05, 4.69) is 32.9 Å². The number of fused-ring (bicyclic) bond motifs is 1. The van der Waals surface area contributed by atoms with Crippen molar-refractivity contribution in [1.82, 2.24) is 9.66 Å². The van der Waals surface area contributed by atoms with Crippen molar-refractivity contribution in [2.45, 2.75) is 32.6 Å². The summed E-state index contributed by atoms with van der Waals surface area (Å²) in [4.78, 5) is 30.7. The van der Waals surface area contributed by atoms with Crippen molar-refractivity contribution in [3.8, 4) is 11.5 Å². The molecule has 0 saturated carbocycles. The molecule has 0 aliphatic rings. The lowest BCUT2D eigenvalue weighted by atomic mass is 10.1. The Bertz CT molecular complexity index is 1690. The fraction of sp³-hybridized carbons (Fsp3) is 0.226. The van der Waals surface area contributed by atoms with Gasteiger partial charge in [0.1, 0.15) is 11.6 Å². The van der Waals surface area contributed by atoms with E-state index in [-0.39, 0.29) is 18.1 Å². The normalized spacial score (nSPS) is 11.9. The van der Waals surface area contributed by atoms with Gasteiger partial charge in [-0.3, -0.25) is 9.59 Å². The zero-order valence-corrected chi connectivity index (χ0v) is 24.6. The van der Waals surface area contributed by atoms with Crippen molar-refractivity contribution in [1.29, 1.82) is 0 Å². The van der Waals surface area contributed by atoms with E-state index in [0.29, 0.717) is 51.5 Å². The highest BCUT2D eigenvalue weighted by atomic mass is 79.9. The quantitative estimate of drug-likeness (QED) is 0.154. The predicted molar refractivity (Wildman–Crippen MR) is 163 cm³/mol. The summed E-state index contributed by atoms with van der Waals surface area (Å²) in [6.07, 6.45) is 4.46. The number of benzene rings is 3. The van der Waals surface area contributed by atoms with Crippen LogP contribution in [0.15, 0.2) is 81.6 Å². The maximum absolute atomic E-state index is 13.5. The molecule has 212 valence electrons. The summed E-state index contributed by atoms with van der Waals surface area (Å²) >= 11 is 3.43. The average molecular weight is 622 g/mol. The highest BCUT2D eigenvalue weighted by Crippen LogP contribution is 2.33. The van der Waals surface area contributed by atoms with Crippen LogP contribution in [-0.4, -0.2) is 35.5 Å². The second kappa shape index (κ2) is 13.4. The lowest BCUT2D eigenvalue weighted by Gasteiger charge is -2.16. The fourth-order valence-corrected chi connectivity index (χ4v) is 4.55. The molecule has 0 aliphatic carbocycles. The van der Waals surface area contributed by atoms with Gasteiger partial charge in [-0.2, -0.15) is 9.78 Å². The fourth-order valence-electron chi connectivity index (χ4n) is 4.19. The van der Waals surface area contributed by atoms with E-state index < -0.39 is 11.7 Å². The van der Waals surface area contributed by atoms with E-state index in [9.17, 15) is 14.0 Å². The van der Waals surface area contributed by atoms with Crippen LogP contribution in [0.4, 0.5) is 10.1 Å². The second-order valence-electron chi connectivity index (χ2n) is 9.35. The summed E-state index contributed by atoms with van der Waals surface area (Å²) in [6.45, 7) is 7.53. The molecule has 41 heavy (non-hydrogen) atoms. The van der Waals surface area contributed by atoms with Crippen LogP contribution in [-0.2, 0) is 11.2 Å². The first-order chi connectivity index (χ1) is 19.7. The van der Waals surface area contributed by atoms with E-state index >= 15 is 0 Å². The summed E-state index contributed by atoms with van der Waals surface area (Å²) in [5, 5.41) is 7.60. The number of nitrogens with zero attached hydrogens (tertiary/aromatic N) is 3. The van der Waals surface area contributed by atoms with Crippen molar-refractivity contribution >= 4 is 44.6 Å². The molecular weight excluding hydrogens is 591 g/mol. The number of carbonyl (C=O) groups excluding carboxylic acids is 1. The molecule has 4 aromatic rings. The van der Waals surface area contributed by atoms with Gasteiger partial charge in [-0.05, 0) is 66.9 Å². The molecule has 0 aliphatic heterocycles.